The van der Waals surface area contributed by atoms with Gasteiger partial charge in [0.15, 0.2) is 5.12 Å². The Labute approximate surface area is 118 Å². The van der Waals surface area contributed by atoms with Crippen LogP contribution in [0.15, 0.2) is 12.1 Å². The zero-order chi connectivity index (χ0) is 14.3. The molecule has 1 rings (SSSR count). The van der Waals surface area contributed by atoms with E-state index in [9.17, 15) is 4.79 Å². The number of hydrogen-bond acceptors (Lipinski definition) is 5. The Morgan fingerprint density at radius 3 is 2.11 bits per heavy atom. The first-order chi connectivity index (χ1) is 9.15. The summed E-state index contributed by atoms with van der Waals surface area (Å²) in [5.41, 5.74) is 0.972. The van der Waals surface area contributed by atoms with Crippen molar-refractivity contribution in [3.05, 3.63) is 17.7 Å². The van der Waals surface area contributed by atoms with Gasteiger partial charge in [0.1, 0.15) is 17.2 Å². The first-order valence-electron chi connectivity index (χ1n) is 6.02. The highest BCUT2D eigenvalue weighted by Crippen LogP contribution is 2.35. The van der Waals surface area contributed by atoms with Crippen LogP contribution >= 0.6 is 11.8 Å². The molecule has 0 radical (unpaired) electrons. The predicted molar refractivity (Wildman–Crippen MR) is 77.6 cm³/mol. The van der Waals surface area contributed by atoms with E-state index in [1.165, 1.54) is 11.8 Å². The van der Waals surface area contributed by atoms with E-state index >= 15 is 0 Å². The monoisotopic (exact) mass is 284 g/mol. The van der Waals surface area contributed by atoms with Crippen molar-refractivity contribution in [1.82, 2.24) is 0 Å². The lowest BCUT2D eigenvalue weighted by atomic mass is 10.1. The molecule has 0 N–H and O–H groups in total. The van der Waals surface area contributed by atoms with Gasteiger partial charge >= 0.3 is 0 Å². The van der Waals surface area contributed by atoms with Crippen LogP contribution in [0.4, 0.5) is 0 Å². The van der Waals surface area contributed by atoms with Crippen LogP contribution < -0.4 is 14.2 Å². The van der Waals surface area contributed by atoms with Gasteiger partial charge in [-0.15, -0.1) is 0 Å². The molecule has 19 heavy (non-hydrogen) atoms. The van der Waals surface area contributed by atoms with Crippen molar-refractivity contribution in [2.75, 3.05) is 27.6 Å². The third-order valence-electron chi connectivity index (χ3n) is 2.85. The van der Waals surface area contributed by atoms with Crippen molar-refractivity contribution in [2.45, 2.75) is 19.3 Å². The second-order valence-corrected chi connectivity index (χ2v) is 4.80. The molecule has 0 amide bonds. The zero-order valence-corrected chi connectivity index (χ0v) is 12.6. The molecule has 106 valence electrons. The number of methoxy groups -OCH3 is 3. The largest absolute Gasteiger partial charge is 0.496 e. The Balaban J connectivity index is 2.88. The predicted octanol–water partition coefficient (Wildman–Crippen LogP) is 2.92. The average Bonchev–Trinajstić information content (AvgIpc) is 2.46. The van der Waals surface area contributed by atoms with Crippen molar-refractivity contribution in [3.63, 3.8) is 0 Å². The molecule has 0 bridgehead atoms. The Morgan fingerprint density at radius 1 is 1.11 bits per heavy atom. The molecule has 0 fully saturated rings. The van der Waals surface area contributed by atoms with Gasteiger partial charge in [-0.05, 0) is 19.1 Å². The lowest BCUT2D eigenvalue weighted by molar-refractivity contribution is -0.111. The van der Waals surface area contributed by atoms with E-state index in [1.807, 2.05) is 12.1 Å². The number of hydrogen-bond donors (Lipinski definition) is 0. The van der Waals surface area contributed by atoms with Gasteiger partial charge in [-0.3, -0.25) is 4.79 Å². The van der Waals surface area contributed by atoms with Gasteiger partial charge in [-0.2, -0.15) is 0 Å². The van der Waals surface area contributed by atoms with E-state index in [0.717, 1.165) is 29.9 Å². The van der Waals surface area contributed by atoms with Crippen LogP contribution in [0.5, 0.6) is 17.2 Å². The van der Waals surface area contributed by atoms with E-state index in [-0.39, 0.29) is 5.12 Å². The smallest absolute Gasteiger partial charge is 0.188 e. The van der Waals surface area contributed by atoms with Gasteiger partial charge < -0.3 is 14.2 Å². The summed E-state index contributed by atoms with van der Waals surface area (Å²) in [6.45, 7) is 0. The highest BCUT2D eigenvalue weighted by molar-refractivity contribution is 8.13. The molecule has 0 aromatic heterocycles. The van der Waals surface area contributed by atoms with Crippen LogP contribution in [-0.4, -0.2) is 32.7 Å². The number of carbonyl (C=O) groups excluding carboxylic acids is 1. The van der Waals surface area contributed by atoms with Gasteiger partial charge in [0, 0.05) is 24.1 Å². The molecule has 0 saturated carbocycles. The maximum atomic E-state index is 11.3. The molecule has 4 nitrogen and oxygen atoms in total. The normalized spacial score (nSPS) is 10.1. The summed E-state index contributed by atoms with van der Waals surface area (Å²) in [4.78, 5) is 11.3. The molecule has 0 aliphatic rings. The van der Waals surface area contributed by atoms with Crippen LogP contribution in [-0.2, 0) is 11.2 Å². The molecule has 0 saturated heterocycles. The number of carbonyl (C=O) groups is 1. The molecule has 0 aliphatic heterocycles. The standard InChI is InChI=1S/C14H20O4S/c1-16-10-8-12(17-2)11(13(9-10)18-3)6-5-7-14(15)19-4/h8-9H,5-7H2,1-4H3. The second kappa shape index (κ2) is 7.94. The molecular formula is C14H20O4S. The zero-order valence-electron chi connectivity index (χ0n) is 11.8. The fourth-order valence-corrected chi connectivity index (χ4v) is 2.18. The molecule has 0 atom stereocenters. The molecule has 5 heteroatoms. The molecule has 1 aromatic rings. The van der Waals surface area contributed by atoms with Crippen molar-refractivity contribution >= 4 is 16.9 Å². The Hall–Kier alpha value is -1.36. The highest BCUT2D eigenvalue weighted by Gasteiger charge is 2.13. The van der Waals surface area contributed by atoms with Crippen molar-refractivity contribution in [2.24, 2.45) is 0 Å². The summed E-state index contributed by atoms with van der Waals surface area (Å²) in [5.74, 6) is 2.15. The molecule has 1 aromatic carbocycles. The van der Waals surface area contributed by atoms with Gasteiger partial charge in [-0.25, -0.2) is 0 Å². The molecule has 0 spiro atoms. The van der Waals surface area contributed by atoms with Crippen LogP contribution in [0.25, 0.3) is 0 Å². The van der Waals surface area contributed by atoms with E-state index < -0.39 is 0 Å². The van der Waals surface area contributed by atoms with E-state index in [4.69, 9.17) is 14.2 Å². The van der Waals surface area contributed by atoms with Crippen molar-refractivity contribution in [3.8, 4) is 17.2 Å². The topological polar surface area (TPSA) is 44.8 Å². The molecule has 0 heterocycles. The van der Waals surface area contributed by atoms with Gasteiger partial charge in [-0.1, -0.05) is 11.8 Å². The van der Waals surface area contributed by atoms with E-state index in [0.29, 0.717) is 12.2 Å². The second-order valence-electron chi connectivity index (χ2n) is 3.94. The first-order valence-corrected chi connectivity index (χ1v) is 7.24. The third-order valence-corrected chi connectivity index (χ3v) is 3.51. The first kappa shape index (κ1) is 15.7. The maximum Gasteiger partial charge on any atom is 0.188 e. The number of thioether (sulfide) groups is 1. The lowest BCUT2D eigenvalue weighted by Crippen LogP contribution is -2.00. The summed E-state index contributed by atoms with van der Waals surface area (Å²) in [5, 5.41) is 0.200. The fourth-order valence-electron chi connectivity index (χ4n) is 1.84. The van der Waals surface area contributed by atoms with Gasteiger partial charge in [0.05, 0.1) is 21.3 Å². The van der Waals surface area contributed by atoms with Crippen LogP contribution in [0.3, 0.4) is 0 Å². The van der Waals surface area contributed by atoms with Crippen molar-refractivity contribution < 1.29 is 19.0 Å². The minimum absolute atomic E-state index is 0.200. The Morgan fingerprint density at radius 2 is 1.68 bits per heavy atom. The minimum Gasteiger partial charge on any atom is -0.496 e. The molecular weight excluding hydrogens is 264 g/mol. The Bertz CT molecular complexity index is 406. The summed E-state index contributed by atoms with van der Waals surface area (Å²) >= 11 is 1.26. The van der Waals surface area contributed by atoms with E-state index in [1.54, 1.807) is 27.6 Å². The summed E-state index contributed by atoms with van der Waals surface area (Å²) in [6.07, 6.45) is 3.87. The SMILES string of the molecule is COc1cc(OC)c(CCCC(=O)SC)c(OC)c1. The molecule has 0 unspecified atom stereocenters. The maximum absolute atomic E-state index is 11.3. The van der Waals surface area contributed by atoms with Gasteiger partial charge in [0.25, 0.3) is 0 Å². The van der Waals surface area contributed by atoms with E-state index in [2.05, 4.69) is 0 Å². The lowest BCUT2D eigenvalue weighted by Gasteiger charge is -2.14. The summed E-state index contributed by atoms with van der Waals surface area (Å²) in [7, 11) is 4.83. The van der Waals surface area contributed by atoms with Gasteiger partial charge in [0.2, 0.25) is 0 Å². The van der Waals surface area contributed by atoms with Crippen LogP contribution in [0.2, 0.25) is 0 Å². The Kier molecular flexibility index (Phi) is 6.56. The number of ether oxygens (including phenoxy) is 3. The molecule has 0 aliphatic carbocycles. The van der Waals surface area contributed by atoms with Crippen molar-refractivity contribution in [1.29, 1.82) is 0 Å². The number of benzene rings is 1. The summed E-state index contributed by atoms with van der Waals surface area (Å²) in [6, 6.07) is 3.66. The average molecular weight is 284 g/mol. The van der Waals surface area contributed by atoms with Crippen LogP contribution in [0.1, 0.15) is 18.4 Å². The quantitative estimate of drug-likeness (QED) is 0.770. The highest BCUT2D eigenvalue weighted by atomic mass is 32.2. The van der Waals surface area contributed by atoms with Crippen LogP contribution in [0, 0.1) is 0 Å². The summed E-state index contributed by atoms with van der Waals surface area (Å²) < 4.78 is 15.9. The fraction of sp³-hybridized carbons (Fsp3) is 0.500. The number of rotatable bonds is 7. The third kappa shape index (κ3) is 4.35. The minimum atomic E-state index is 0.200.